The number of piperazine rings is 1. The Morgan fingerprint density at radius 2 is 1.61 bits per heavy atom. The average Bonchev–Trinajstić information content (AvgIpc) is 3.29. The topological polar surface area (TPSA) is 91.6 Å². The summed E-state index contributed by atoms with van der Waals surface area (Å²) >= 11 is 0. The molecule has 0 bridgehead atoms. The lowest BCUT2D eigenvalue weighted by molar-refractivity contribution is 0.0515. The summed E-state index contributed by atoms with van der Waals surface area (Å²) in [5, 5.41) is 3.15. The maximum Gasteiger partial charge on any atom is 0.289 e. The summed E-state index contributed by atoms with van der Waals surface area (Å²) in [4.78, 5) is 36.8. The highest BCUT2D eigenvalue weighted by molar-refractivity contribution is 5.94. The summed E-state index contributed by atoms with van der Waals surface area (Å²) in [5.74, 6) is 0.528. The van der Waals surface area contributed by atoms with Gasteiger partial charge in [-0.05, 0) is 24.3 Å². The van der Waals surface area contributed by atoms with Gasteiger partial charge < -0.3 is 19.5 Å². The van der Waals surface area contributed by atoms with Gasteiger partial charge in [-0.1, -0.05) is 18.2 Å². The third-order valence-corrected chi connectivity index (χ3v) is 4.52. The van der Waals surface area contributed by atoms with E-state index in [1.807, 2.05) is 30.3 Å². The van der Waals surface area contributed by atoms with Crippen LogP contribution in [0.5, 0.6) is 0 Å². The summed E-state index contributed by atoms with van der Waals surface area (Å²) in [6.07, 6.45) is 2.85. The first-order chi connectivity index (χ1) is 13.7. The molecule has 28 heavy (non-hydrogen) atoms. The van der Waals surface area contributed by atoms with Gasteiger partial charge in [0.05, 0.1) is 6.26 Å². The SMILES string of the molecule is O=C(c1cc(Nc2ccccc2)ncn1)N1CCN(C(=O)c2ccco2)CC1. The number of hydrogen-bond acceptors (Lipinski definition) is 6. The molecule has 0 spiro atoms. The van der Waals surface area contributed by atoms with Crippen molar-refractivity contribution in [3.05, 3.63) is 72.6 Å². The van der Waals surface area contributed by atoms with Crippen LogP contribution in [0, 0.1) is 0 Å². The maximum atomic E-state index is 12.8. The molecule has 8 heteroatoms. The van der Waals surface area contributed by atoms with Gasteiger partial charge in [0.2, 0.25) is 0 Å². The number of furan rings is 1. The first-order valence-electron chi connectivity index (χ1n) is 8.97. The van der Waals surface area contributed by atoms with Gasteiger partial charge in [0.1, 0.15) is 17.8 Å². The van der Waals surface area contributed by atoms with Crippen LogP contribution in [0.3, 0.4) is 0 Å². The van der Waals surface area contributed by atoms with Gasteiger partial charge in [-0.15, -0.1) is 0 Å². The minimum absolute atomic E-state index is 0.159. The summed E-state index contributed by atoms with van der Waals surface area (Å²) in [7, 11) is 0. The number of aromatic nitrogens is 2. The minimum Gasteiger partial charge on any atom is -0.459 e. The highest BCUT2D eigenvalue weighted by Gasteiger charge is 2.27. The molecule has 1 saturated heterocycles. The van der Waals surface area contributed by atoms with Crippen molar-refractivity contribution in [2.24, 2.45) is 0 Å². The Balaban J connectivity index is 1.39. The van der Waals surface area contributed by atoms with E-state index >= 15 is 0 Å². The summed E-state index contributed by atoms with van der Waals surface area (Å²) in [6, 6.07) is 14.5. The molecule has 4 rings (SSSR count). The van der Waals surface area contributed by atoms with Crippen LogP contribution in [0.1, 0.15) is 21.0 Å². The first kappa shape index (κ1) is 17.7. The van der Waals surface area contributed by atoms with Crippen LogP contribution < -0.4 is 5.32 Å². The Kier molecular flexibility index (Phi) is 5.01. The number of nitrogens with zero attached hydrogens (tertiary/aromatic N) is 4. The zero-order valence-electron chi connectivity index (χ0n) is 15.1. The number of carbonyl (C=O) groups is 2. The van der Waals surface area contributed by atoms with Crippen LogP contribution >= 0.6 is 0 Å². The van der Waals surface area contributed by atoms with Crippen LogP contribution in [0.2, 0.25) is 0 Å². The van der Waals surface area contributed by atoms with E-state index in [0.717, 1.165) is 5.69 Å². The zero-order valence-corrected chi connectivity index (χ0v) is 15.1. The molecule has 2 amide bonds. The van der Waals surface area contributed by atoms with E-state index in [0.29, 0.717) is 43.5 Å². The smallest absolute Gasteiger partial charge is 0.289 e. The molecule has 1 aliphatic rings. The molecule has 1 N–H and O–H groups in total. The Bertz CT molecular complexity index is 951. The summed E-state index contributed by atoms with van der Waals surface area (Å²) < 4.78 is 5.16. The van der Waals surface area contributed by atoms with E-state index in [9.17, 15) is 9.59 Å². The molecular weight excluding hydrogens is 358 g/mol. The number of amides is 2. The molecule has 2 aromatic heterocycles. The van der Waals surface area contributed by atoms with Crippen molar-refractivity contribution in [2.75, 3.05) is 31.5 Å². The highest BCUT2D eigenvalue weighted by atomic mass is 16.3. The number of nitrogens with one attached hydrogen (secondary N) is 1. The van der Waals surface area contributed by atoms with Crippen LogP contribution in [0.4, 0.5) is 11.5 Å². The van der Waals surface area contributed by atoms with Crippen molar-refractivity contribution >= 4 is 23.3 Å². The number of carbonyl (C=O) groups excluding carboxylic acids is 2. The van der Waals surface area contributed by atoms with Gasteiger partial charge in [0.15, 0.2) is 5.76 Å². The number of hydrogen-bond donors (Lipinski definition) is 1. The monoisotopic (exact) mass is 377 g/mol. The summed E-state index contributed by atoms with van der Waals surface area (Å²) in [5.41, 5.74) is 1.20. The number of benzene rings is 1. The van der Waals surface area contributed by atoms with E-state index in [4.69, 9.17) is 4.42 Å². The molecule has 3 heterocycles. The first-order valence-corrected chi connectivity index (χ1v) is 8.97. The van der Waals surface area contributed by atoms with Gasteiger partial charge in [0.25, 0.3) is 11.8 Å². The van der Waals surface area contributed by atoms with Crippen LogP contribution in [0.15, 0.2) is 65.5 Å². The van der Waals surface area contributed by atoms with E-state index in [1.54, 1.807) is 28.0 Å². The lowest BCUT2D eigenvalue weighted by Gasteiger charge is -2.34. The Hall–Kier alpha value is -3.68. The third kappa shape index (κ3) is 3.85. The Labute approximate surface area is 161 Å². The van der Waals surface area contributed by atoms with Crippen molar-refractivity contribution in [3.8, 4) is 0 Å². The van der Waals surface area contributed by atoms with Crippen molar-refractivity contribution in [1.29, 1.82) is 0 Å². The molecule has 1 aliphatic heterocycles. The van der Waals surface area contributed by atoms with Crippen LogP contribution in [-0.4, -0.2) is 57.8 Å². The molecule has 0 unspecified atom stereocenters. The number of rotatable bonds is 4. The fourth-order valence-corrected chi connectivity index (χ4v) is 3.04. The minimum atomic E-state index is -0.177. The average molecular weight is 377 g/mol. The van der Waals surface area contributed by atoms with E-state index < -0.39 is 0 Å². The molecule has 0 radical (unpaired) electrons. The lowest BCUT2D eigenvalue weighted by atomic mass is 10.2. The standard InChI is InChI=1S/C20H19N5O3/c26-19(16-13-18(22-14-21-16)23-15-5-2-1-3-6-15)24-8-10-25(11-9-24)20(27)17-7-4-12-28-17/h1-7,12-14H,8-11H2,(H,21,22,23). The molecule has 8 nitrogen and oxygen atoms in total. The van der Waals surface area contributed by atoms with Crippen molar-refractivity contribution < 1.29 is 14.0 Å². The predicted octanol–water partition coefficient (Wildman–Crippen LogP) is 2.41. The predicted molar refractivity (Wildman–Crippen MR) is 102 cm³/mol. The Morgan fingerprint density at radius 1 is 0.893 bits per heavy atom. The van der Waals surface area contributed by atoms with Crippen molar-refractivity contribution in [3.63, 3.8) is 0 Å². The van der Waals surface area contributed by atoms with Gasteiger partial charge in [-0.2, -0.15) is 0 Å². The van der Waals surface area contributed by atoms with Gasteiger partial charge in [0, 0.05) is 37.9 Å². The number of para-hydroxylation sites is 1. The van der Waals surface area contributed by atoms with Crippen molar-refractivity contribution in [1.82, 2.24) is 19.8 Å². The quantitative estimate of drug-likeness (QED) is 0.751. The summed E-state index contributed by atoms with van der Waals surface area (Å²) in [6.45, 7) is 1.78. The van der Waals surface area contributed by atoms with E-state index in [2.05, 4.69) is 15.3 Å². The van der Waals surface area contributed by atoms with Gasteiger partial charge in [-0.3, -0.25) is 9.59 Å². The van der Waals surface area contributed by atoms with Crippen LogP contribution in [0.25, 0.3) is 0 Å². The van der Waals surface area contributed by atoms with Crippen molar-refractivity contribution in [2.45, 2.75) is 0 Å². The molecule has 0 atom stereocenters. The molecule has 1 fully saturated rings. The molecule has 3 aromatic rings. The molecule has 1 aromatic carbocycles. The van der Waals surface area contributed by atoms with E-state index in [-0.39, 0.29) is 11.8 Å². The second-order valence-electron chi connectivity index (χ2n) is 6.34. The second kappa shape index (κ2) is 7.91. The zero-order chi connectivity index (χ0) is 19.3. The molecule has 0 saturated carbocycles. The van der Waals surface area contributed by atoms with Crippen LogP contribution in [-0.2, 0) is 0 Å². The highest BCUT2D eigenvalue weighted by Crippen LogP contribution is 2.16. The van der Waals surface area contributed by atoms with E-state index in [1.165, 1.54) is 12.6 Å². The van der Waals surface area contributed by atoms with Gasteiger partial charge >= 0.3 is 0 Å². The maximum absolute atomic E-state index is 12.8. The number of anilines is 2. The fraction of sp³-hybridized carbons (Fsp3) is 0.200. The third-order valence-electron chi connectivity index (χ3n) is 4.52. The molecule has 0 aliphatic carbocycles. The Morgan fingerprint density at radius 3 is 2.29 bits per heavy atom. The lowest BCUT2D eigenvalue weighted by Crippen LogP contribution is -2.50. The largest absolute Gasteiger partial charge is 0.459 e. The fourth-order valence-electron chi connectivity index (χ4n) is 3.04. The van der Waals surface area contributed by atoms with Gasteiger partial charge in [-0.25, -0.2) is 9.97 Å². The second-order valence-corrected chi connectivity index (χ2v) is 6.34. The molecular formula is C20H19N5O3. The normalized spacial score (nSPS) is 14.0. The molecule has 142 valence electrons.